The quantitative estimate of drug-likeness (QED) is 0.664. The molecular formula is C12H18N2O4S. The summed E-state index contributed by atoms with van der Waals surface area (Å²) in [4.78, 5) is 10.2. The van der Waals surface area contributed by atoms with E-state index in [1.807, 2.05) is 13.8 Å². The van der Waals surface area contributed by atoms with Gasteiger partial charge in [0.05, 0.1) is 9.82 Å². The molecular weight excluding hydrogens is 268 g/mol. The van der Waals surface area contributed by atoms with Crippen LogP contribution in [0.1, 0.15) is 26.3 Å². The van der Waals surface area contributed by atoms with Crippen molar-refractivity contribution >= 4 is 15.7 Å². The lowest BCUT2D eigenvalue weighted by molar-refractivity contribution is -0.385. The standard InChI is InChI=1S/C12H18N2O4S/c1-8(2)10(4)13-19(17,18)11-6-5-9(3)12(7-11)14(15)16/h5-8,10,13H,1-4H3/t10-/m0/s1. The SMILES string of the molecule is Cc1ccc(S(=O)(=O)N[C@@H](C)C(C)C)cc1[N+](=O)[O-]. The summed E-state index contributed by atoms with van der Waals surface area (Å²) in [5.74, 6) is 0.134. The molecule has 106 valence electrons. The second-order valence-corrected chi connectivity index (χ2v) is 6.57. The molecule has 0 heterocycles. The van der Waals surface area contributed by atoms with E-state index in [4.69, 9.17) is 0 Å². The van der Waals surface area contributed by atoms with Crippen molar-refractivity contribution < 1.29 is 13.3 Å². The largest absolute Gasteiger partial charge is 0.273 e. The molecule has 1 N–H and O–H groups in total. The topological polar surface area (TPSA) is 89.3 Å². The predicted molar refractivity (Wildman–Crippen MR) is 72.5 cm³/mol. The van der Waals surface area contributed by atoms with Crippen molar-refractivity contribution in [3.63, 3.8) is 0 Å². The molecule has 0 unspecified atom stereocenters. The van der Waals surface area contributed by atoms with Crippen LogP contribution >= 0.6 is 0 Å². The Morgan fingerprint density at radius 1 is 1.26 bits per heavy atom. The molecule has 6 nitrogen and oxygen atoms in total. The summed E-state index contributed by atoms with van der Waals surface area (Å²) in [6.07, 6.45) is 0. The number of rotatable bonds is 5. The van der Waals surface area contributed by atoms with Crippen LogP contribution in [-0.2, 0) is 10.0 Å². The average molecular weight is 286 g/mol. The summed E-state index contributed by atoms with van der Waals surface area (Å²) >= 11 is 0. The maximum absolute atomic E-state index is 12.1. The van der Waals surface area contributed by atoms with Gasteiger partial charge in [-0.1, -0.05) is 19.9 Å². The van der Waals surface area contributed by atoms with E-state index in [2.05, 4.69) is 4.72 Å². The second-order valence-electron chi connectivity index (χ2n) is 4.86. The summed E-state index contributed by atoms with van der Waals surface area (Å²) in [5.41, 5.74) is 0.237. The van der Waals surface area contributed by atoms with Crippen LogP contribution in [0, 0.1) is 23.0 Å². The van der Waals surface area contributed by atoms with Crippen molar-refractivity contribution in [3.8, 4) is 0 Å². The fourth-order valence-electron chi connectivity index (χ4n) is 1.40. The molecule has 0 amide bonds. The third-order valence-corrected chi connectivity index (χ3v) is 4.59. The van der Waals surface area contributed by atoms with Gasteiger partial charge in [0, 0.05) is 17.7 Å². The molecule has 1 aromatic rings. The van der Waals surface area contributed by atoms with Crippen LogP contribution < -0.4 is 4.72 Å². The van der Waals surface area contributed by atoms with E-state index in [0.29, 0.717) is 5.56 Å². The number of nitrogens with zero attached hydrogens (tertiary/aromatic N) is 1. The highest BCUT2D eigenvalue weighted by atomic mass is 32.2. The van der Waals surface area contributed by atoms with Crippen LogP contribution in [0.2, 0.25) is 0 Å². The number of hydrogen-bond donors (Lipinski definition) is 1. The van der Waals surface area contributed by atoms with Gasteiger partial charge >= 0.3 is 0 Å². The van der Waals surface area contributed by atoms with Gasteiger partial charge in [-0.05, 0) is 25.8 Å². The van der Waals surface area contributed by atoms with Crippen molar-refractivity contribution in [2.24, 2.45) is 5.92 Å². The van der Waals surface area contributed by atoms with Gasteiger partial charge in [0.1, 0.15) is 0 Å². The summed E-state index contributed by atoms with van der Waals surface area (Å²) in [6, 6.07) is 3.65. The van der Waals surface area contributed by atoms with Crippen molar-refractivity contribution in [2.75, 3.05) is 0 Å². The number of hydrogen-bond acceptors (Lipinski definition) is 4. The molecule has 0 radical (unpaired) electrons. The van der Waals surface area contributed by atoms with Gasteiger partial charge in [0.25, 0.3) is 5.69 Å². The van der Waals surface area contributed by atoms with Crippen molar-refractivity contribution in [3.05, 3.63) is 33.9 Å². The second kappa shape index (κ2) is 5.66. The predicted octanol–water partition coefficient (Wildman–Crippen LogP) is 2.23. The molecule has 7 heteroatoms. The first kappa shape index (κ1) is 15.6. The van der Waals surface area contributed by atoms with E-state index < -0.39 is 14.9 Å². The molecule has 0 aliphatic heterocycles. The van der Waals surface area contributed by atoms with Gasteiger partial charge in [-0.15, -0.1) is 0 Å². The smallest absolute Gasteiger partial charge is 0.258 e. The summed E-state index contributed by atoms with van der Waals surface area (Å²) < 4.78 is 26.7. The maximum atomic E-state index is 12.1. The van der Waals surface area contributed by atoms with Crippen molar-refractivity contribution in [1.29, 1.82) is 0 Å². The van der Waals surface area contributed by atoms with E-state index in [0.717, 1.165) is 6.07 Å². The third kappa shape index (κ3) is 3.74. The van der Waals surface area contributed by atoms with Gasteiger partial charge in [0.2, 0.25) is 10.0 Å². The first-order valence-electron chi connectivity index (χ1n) is 5.92. The molecule has 1 rings (SSSR count). The zero-order valence-corrected chi connectivity index (χ0v) is 12.2. The van der Waals surface area contributed by atoms with Crippen molar-refractivity contribution in [2.45, 2.75) is 38.6 Å². The Balaban J connectivity index is 3.16. The number of nitro groups is 1. The Hall–Kier alpha value is -1.47. The van der Waals surface area contributed by atoms with Crippen LogP contribution in [0.3, 0.4) is 0 Å². The van der Waals surface area contributed by atoms with Crippen LogP contribution in [0.5, 0.6) is 0 Å². The molecule has 1 atom stereocenters. The summed E-state index contributed by atoms with van der Waals surface area (Å²) in [7, 11) is -3.73. The number of nitrogens with one attached hydrogen (secondary N) is 1. The minimum atomic E-state index is -3.73. The zero-order chi connectivity index (χ0) is 14.8. The minimum Gasteiger partial charge on any atom is -0.258 e. The molecule has 0 aliphatic rings. The average Bonchev–Trinajstić information content (AvgIpc) is 2.27. The Labute approximate surface area is 113 Å². The molecule has 0 aromatic heterocycles. The molecule has 0 fully saturated rings. The highest BCUT2D eigenvalue weighted by molar-refractivity contribution is 7.89. The molecule has 0 saturated heterocycles. The number of nitro benzene ring substituents is 1. The van der Waals surface area contributed by atoms with Crippen LogP contribution in [-0.4, -0.2) is 19.4 Å². The number of sulfonamides is 1. The van der Waals surface area contributed by atoms with E-state index in [9.17, 15) is 18.5 Å². The molecule has 19 heavy (non-hydrogen) atoms. The maximum Gasteiger partial charge on any atom is 0.273 e. The molecule has 1 aromatic carbocycles. The molecule has 0 saturated carbocycles. The lowest BCUT2D eigenvalue weighted by Gasteiger charge is -2.17. The van der Waals surface area contributed by atoms with Gasteiger partial charge in [-0.25, -0.2) is 13.1 Å². The highest BCUT2D eigenvalue weighted by Crippen LogP contribution is 2.22. The zero-order valence-electron chi connectivity index (χ0n) is 11.4. The Morgan fingerprint density at radius 3 is 2.32 bits per heavy atom. The van der Waals surface area contributed by atoms with Crippen molar-refractivity contribution in [1.82, 2.24) is 4.72 Å². The molecule has 0 bridgehead atoms. The summed E-state index contributed by atoms with van der Waals surface area (Å²) in [6.45, 7) is 7.11. The Bertz CT molecular complexity index is 581. The lowest BCUT2D eigenvalue weighted by atomic mass is 10.1. The highest BCUT2D eigenvalue weighted by Gasteiger charge is 2.22. The monoisotopic (exact) mass is 286 g/mol. The van der Waals surface area contributed by atoms with Gasteiger partial charge in [-0.2, -0.15) is 0 Å². The van der Waals surface area contributed by atoms with Crippen LogP contribution in [0.25, 0.3) is 0 Å². The van der Waals surface area contributed by atoms with E-state index >= 15 is 0 Å². The molecule has 0 spiro atoms. The fourth-order valence-corrected chi connectivity index (χ4v) is 2.81. The van der Waals surface area contributed by atoms with Gasteiger partial charge in [0.15, 0.2) is 0 Å². The normalized spacial score (nSPS) is 13.5. The first-order valence-corrected chi connectivity index (χ1v) is 7.41. The van der Waals surface area contributed by atoms with Crippen LogP contribution in [0.15, 0.2) is 23.1 Å². The minimum absolute atomic E-state index is 0.0858. The molecule has 0 aliphatic carbocycles. The number of benzene rings is 1. The van der Waals surface area contributed by atoms with E-state index in [1.165, 1.54) is 12.1 Å². The number of aryl methyl sites for hydroxylation is 1. The fraction of sp³-hybridized carbons (Fsp3) is 0.500. The Kier molecular flexibility index (Phi) is 4.65. The van der Waals surface area contributed by atoms with Crippen LogP contribution in [0.4, 0.5) is 5.69 Å². The van der Waals surface area contributed by atoms with Gasteiger partial charge in [-0.3, -0.25) is 10.1 Å². The third-order valence-electron chi connectivity index (χ3n) is 3.03. The first-order chi connectivity index (χ1) is 8.65. The lowest BCUT2D eigenvalue weighted by Crippen LogP contribution is -2.36. The summed E-state index contributed by atoms with van der Waals surface area (Å²) in [5, 5.41) is 10.8. The van der Waals surface area contributed by atoms with E-state index in [-0.39, 0.29) is 22.5 Å². The Morgan fingerprint density at radius 2 is 1.84 bits per heavy atom. The van der Waals surface area contributed by atoms with Gasteiger partial charge < -0.3 is 0 Å². The van der Waals surface area contributed by atoms with E-state index in [1.54, 1.807) is 13.8 Å².